The van der Waals surface area contributed by atoms with E-state index in [1.54, 1.807) is 18.0 Å². The Labute approximate surface area is 187 Å². The standard InChI is InChI=1S/C23H29N5O2S/c1-17-14-18(2)28(25-17)12-13-31-16-23(29)27-10-8-26(9-11-27)21-6-4-20(5-7-21)22-15-24-19(3)30-22/h4-7,14-15H,8-13,16H2,1-3H3. The molecule has 1 amide bonds. The van der Waals surface area contributed by atoms with Crippen molar-refractivity contribution in [1.29, 1.82) is 0 Å². The molecule has 31 heavy (non-hydrogen) atoms. The van der Waals surface area contributed by atoms with Gasteiger partial charge in [-0.2, -0.15) is 16.9 Å². The number of aromatic nitrogens is 3. The Kier molecular flexibility index (Phi) is 6.65. The van der Waals surface area contributed by atoms with Gasteiger partial charge >= 0.3 is 0 Å². The molecular weight excluding hydrogens is 410 g/mol. The third kappa shape index (κ3) is 5.31. The van der Waals surface area contributed by atoms with Gasteiger partial charge in [0.05, 0.1) is 24.2 Å². The number of aryl methyl sites for hydroxylation is 4. The molecule has 0 spiro atoms. The van der Waals surface area contributed by atoms with E-state index in [0.717, 1.165) is 55.5 Å². The maximum Gasteiger partial charge on any atom is 0.232 e. The Bertz CT molecular complexity index is 1020. The highest BCUT2D eigenvalue weighted by Crippen LogP contribution is 2.24. The van der Waals surface area contributed by atoms with Crippen LogP contribution in [0.15, 0.2) is 40.9 Å². The maximum absolute atomic E-state index is 12.6. The largest absolute Gasteiger partial charge is 0.441 e. The van der Waals surface area contributed by atoms with Gasteiger partial charge in [-0.25, -0.2) is 4.98 Å². The average Bonchev–Trinajstić information content (AvgIpc) is 3.35. The number of anilines is 1. The molecule has 0 unspecified atom stereocenters. The third-order valence-corrected chi connectivity index (χ3v) is 6.47. The Hall–Kier alpha value is -2.74. The number of thioether (sulfide) groups is 1. The normalized spacial score (nSPS) is 14.3. The van der Waals surface area contributed by atoms with Crippen molar-refractivity contribution in [3.05, 3.63) is 53.8 Å². The van der Waals surface area contributed by atoms with Gasteiger partial charge in [0.1, 0.15) is 0 Å². The van der Waals surface area contributed by atoms with E-state index in [0.29, 0.717) is 11.6 Å². The van der Waals surface area contributed by atoms with E-state index >= 15 is 0 Å². The molecule has 4 rings (SSSR count). The molecular formula is C23H29N5O2S. The predicted molar refractivity (Wildman–Crippen MR) is 124 cm³/mol. The van der Waals surface area contributed by atoms with Gasteiger partial charge in [0, 0.05) is 55.8 Å². The van der Waals surface area contributed by atoms with Crippen LogP contribution in [0.25, 0.3) is 11.3 Å². The Morgan fingerprint density at radius 2 is 1.84 bits per heavy atom. The quantitative estimate of drug-likeness (QED) is 0.525. The first-order valence-electron chi connectivity index (χ1n) is 10.6. The number of amides is 1. The lowest BCUT2D eigenvalue weighted by molar-refractivity contribution is -0.128. The molecule has 1 aromatic carbocycles. The Morgan fingerprint density at radius 1 is 1.10 bits per heavy atom. The van der Waals surface area contributed by atoms with Crippen LogP contribution in [0.1, 0.15) is 17.3 Å². The monoisotopic (exact) mass is 439 g/mol. The molecule has 0 saturated carbocycles. The summed E-state index contributed by atoms with van der Waals surface area (Å²) in [7, 11) is 0. The number of carbonyl (C=O) groups is 1. The van der Waals surface area contributed by atoms with Crippen LogP contribution in [0.4, 0.5) is 5.69 Å². The lowest BCUT2D eigenvalue weighted by Crippen LogP contribution is -2.49. The predicted octanol–water partition coefficient (Wildman–Crippen LogP) is 3.55. The van der Waals surface area contributed by atoms with Crippen LogP contribution >= 0.6 is 11.8 Å². The summed E-state index contributed by atoms with van der Waals surface area (Å²) in [6, 6.07) is 10.4. The zero-order valence-electron chi connectivity index (χ0n) is 18.4. The van der Waals surface area contributed by atoms with Crippen LogP contribution in [-0.2, 0) is 11.3 Å². The van der Waals surface area contributed by atoms with Gasteiger partial charge in [-0.05, 0) is 44.2 Å². The van der Waals surface area contributed by atoms with Crippen LogP contribution in [0.5, 0.6) is 0 Å². The molecule has 1 aliphatic heterocycles. The van der Waals surface area contributed by atoms with Crippen LogP contribution in [0.2, 0.25) is 0 Å². The summed E-state index contributed by atoms with van der Waals surface area (Å²) in [5.74, 6) is 3.11. The fourth-order valence-corrected chi connectivity index (χ4v) is 4.65. The molecule has 164 valence electrons. The van der Waals surface area contributed by atoms with Crippen molar-refractivity contribution < 1.29 is 9.21 Å². The van der Waals surface area contributed by atoms with Crippen molar-refractivity contribution in [1.82, 2.24) is 19.7 Å². The van der Waals surface area contributed by atoms with Gasteiger partial charge in [-0.3, -0.25) is 9.48 Å². The number of hydrogen-bond acceptors (Lipinski definition) is 6. The van der Waals surface area contributed by atoms with Crippen molar-refractivity contribution in [3.63, 3.8) is 0 Å². The molecule has 0 aliphatic carbocycles. The van der Waals surface area contributed by atoms with E-state index in [4.69, 9.17) is 4.42 Å². The molecule has 0 radical (unpaired) electrons. The number of nitrogens with zero attached hydrogens (tertiary/aromatic N) is 5. The maximum atomic E-state index is 12.6. The number of rotatable bonds is 7. The van der Waals surface area contributed by atoms with Crippen LogP contribution in [-0.4, -0.2) is 63.3 Å². The smallest absolute Gasteiger partial charge is 0.232 e. The first-order valence-corrected chi connectivity index (χ1v) is 11.8. The van der Waals surface area contributed by atoms with Gasteiger partial charge in [0.15, 0.2) is 11.7 Å². The fourth-order valence-electron chi connectivity index (χ4n) is 3.85. The number of oxazole rings is 1. The second-order valence-electron chi connectivity index (χ2n) is 7.86. The van der Waals surface area contributed by atoms with Crippen LogP contribution < -0.4 is 4.90 Å². The third-order valence-electron chi connectivity index (χ3n) is 5.55. The topological polar surface area (TPSA) is 67.4 Å². The molecule has 2 aromatic heterocycles. The Balaban J connectivity index is 1.21. The zero-order chi connectivity index (χ0) is 21.8. The summed E-state index contributed by atoms with van der Waals surface area (Å²) in [5.41, 5.74) is 4.41. The van der Waals surface area contributed by atoms with Crippen molar-refractivity contribution >= 4 is 23.4 Å². The summed E-state index contributed by atoms with van der Waals surface area (Å²) in [4.78, 5) is 21.0. The summed E-state index contributed by atoms with van der Waals surface area (Å²) in [6.07, 6.45) is 1.75. The van der Waals surface area contributed by atoms with E-state index in [1.807, 2.05) is 23.4 Å². The molecule has 1 saturated heterocycles. The second-order valence-corrected chi connectivity index (χ2v) is 8.97. The molecule has 8 heteroatoms. The van der Waals surface area contributed by atoms with Crippen LogP contribution in [0.3, 0.4) is 0 Å². The van der Waals surface area contributed by atoms with Crippen molar-refractivity contribution in [2.45, 2.75) is 27.3 Å². The summed E-state index contributed by atoms with van der Waals surface area (Å²) in [5, 5.41) is 4.47. The van der Waals surface area contributed by atoms with Crippen molar-refractivity contribution in [2.24, 2.45) is 0 Å². The van der Waals surface area contributed by atoms with Gasteiger partial charge in [-0.1, -0.05) is 0 Å². The molecule has 3 aromatic rings. The molecule has 0 atom stereocenters. The SMILES string of the molecule is Cc1cc(C)n(CCSCC(=O)N2CCN(c3ccc(-c4cnc(C)o4)cc3)CC2)n1. The van der Waals surface area contributed by atoms with E-state index < -0.39 is 0 Å². The van der Waals surface area contributed by atoms with Gasteiger partial charge < -0.3 is 14.2 Å². The summed E-state index contributed by atoms with van der Waals surface area (Å²) >= 11 is 1.69. The minimum atomic E-state index is 0.231. The van der Waals surface area contributed by atoms with E-state index in [1.165, 1.54) is 11.4 Å². The fraction of sp³-hybridized carbons (Fsp3) is 0.435. The van der Waals surface area contributed by atoms with Crippen molar-refractivity contribution in [3.8, 4) is 11.3 Å². The summed E-state index contributed by atoms with van der Waals surface area (Å²) < 4.78 is 7.61. The number of piperazine rings is 1. The molecule has 1 aliphatic rings. The highest BCUT2D eigenvalue weighted by molar-refractivity contribution is 7.99. The highest BCUT2D eigenvalue weighted by Gasteiger charge is 2.21. The lowest BCUT2D eigenvalue weighted by atomic mass is 10.1. The molecule has 0 N–H and O–H groups in total. The molecule has 0 bridgehead atoms. The van der Waals surface area contributed by atoms with Crippen molar-refractivity contribution in [2.75, 3.05) is 42.6 Å². The molecule has 3 heterocycles. The number of carbonyl (C=O) groups excluding carboxylic acids is 1. The zero-order valence-corrected chi connectivity index (χ0v) is 19.2. The van der Waals surface area contributed by atoms with Gasteiger partial charge in [0.2, 0.25) is 5.91 Å². The van der Waals surface area contributed by atoms with E-state index in [-0.39, 0.29) is 5.91 Å². The lowest BCUT2D eigenvalue weighted by Gasteiger charge is -2.36. The average molecular weight is 440 g/mol. The molecule has 1 fully saturated rings. The van der Waals surface area contributed by atoms with E-state index in [9.17, 15) is 4.79 Å². The van der Waals surface area contributed by atoms with Gasteiger partial charge in [-0.15, -0.1) is 0 Å². The first-order chi connectivity index (χ1) is 15.0. The highest BCUT2D eigenvalue weighted by atomic mass is 32.2. The first kappa shape index (κ1) is 21.5. The minimum absolute atomic E-state index is 0.231. The minimum Gasteiger partial charge on any atom is -0.441 e. The Morgan fingerprint density at radius 3 is 2.45 bits per heavy atom. The molecule has 7 nitrogen and oxygen atoms in total. The number of benzene rings is 1. The van der Waals surface area contributed by atoms with Crippen LogP contribution in [0, 0.1) is 20.8 Å². The van der Waals surface area contributed by atoms with E-state index in [2.05, 4.69) is 52.2 Å². The second kappa shape index (κ2) is 9.60. The summed E-state index contributed by atoms with van der Waals surface area (Å²) in [6.45, 7) is 9.99. The van der Waals surface area contributed by atoms with Gasteiger partial charge in [0.25, 0.3) is 0 Å². The number of hydrogen-bond donors (Lipinski definition) is 0.